The fraction of sp³-hybridized carbons (Fsp3) is 0.471. The summed E-state index contributed by atoms with van der Waals surface area (Å²) in [4.78, 5) is 12.1. The Morgan fingerprint density at radius 3 is 3.09 bits per heavy atom. The first kappa shape index (κ1) is 16.6. The van der Waals surface area contributed by atoms with Crippen molar-refractivity contribution in [2.24, 2.45) is 0 Å². The lowest BCUT2D eigenvalue weighted by Crippen LogP contribution is -2.21. The largest absolute Gasteiger partial charge is 0.497 e. The molecule has 1 N–H and O–H groups in total. The van der Waals surface area contributed by atoms with E-state index < -0.39 is 0 Å². The van der Waals surface area contributed by atoms with Gasteiger partial charge in [0, 0.05) is 29.0 Å². The number of nitrogens with zero attached hydrogens (tertiary/aromatic N) is 1. The van der Waals surface area contributed by atoms with Crippen LogP contribution in [0.15, 0.2) is 30.5 Å². The smallest absolute Gasteiger partial charge is 0.238 e. The Morgan fingerprint density at radius 1 is 1.39 bits per heavy atom. The summed E-state index contributed by atoms with van der Waals surface area (Å²) in [5, 5.41) is 1.85. The molecule has 0 bridgehead atoms. The van der Waals surface area contributed by atoms with Crippen molar-refractivity contribution >= 4 is 38.4 Å². The first-order valence-electron chi connectivity index (χ1n) is 7.99. The van der Waals surface area contributed by atoms with Gasteiger partial charge in [-0.25, -0.2) is 0 Å². The van der Waals surface area contributed by atoms with Gasteiger partial charge in [0.05, 0.1) is 12.6 Å². The number of amides is 1. The summed E-state index contributed by atoms with van der Waals surface area (Å²) in [5.41, 5.74) is 3.94. The number of nitrogens with one attached hydrogen (secondary N) is 1. The number of fused-ring (bicyclic) bond motifs is 1. The van der Waals surface area contributed by atoms with Crippen LogP contribution in [0.4, 0.5) is 0 Å². The molecule has 0 aliphatic carbocycles. The first-order chi connectivity index (χ1) is 11.3. The highest BCUT2D eigenvalue weighted by Crippen LogP contribution is 2.39. The lowest BCUT2D eigenvalue weighted by atomic mass is 10.1. The van der Waals surface area contributed by atoms with E-state index in [-0.39, 0.29) is 5.91 Å². The zero-order valence-corrected chi connectivity index (χ0v) is 14.9. The number of ether oxygens (including phenoxy) is 1. The van der Waals surface area contributed by atoms with Gasteiger partial charge in [-0.05, 0) is 43.5 Å². The molecule has 1 fully saturated rings. The molecule has 0 spiro atoms. The van der Waals surface area contributed by atoms with Gasteiger partial charge in [-0.15, -0.1) is 0 Å². The van der Waals surface area contributed by atoms with Gasteiger partial charge in [-0.2, -0.15) is 0 Å². The van der Waals surface area contributed by atoms with Crippen molar-refractivity contribution in [2.75, 3.05) is 18.3 Å². The van der Waals surface area contributed by atoms with Gasteiger partial charge < -0.3 is 4.74 Å². The van der Waals surface area contributed by atoms with Crippen molar-refractivity contribution < 1.29 is 9.53 Å². The molecule has 1 aliphatic heterocycles. The molecule has 2 aromatic rings. The van der Waals surface area contributed by atoms with Crippen molar-refractivity contribution in [3.63, 3.8) is 0 Å². The Hall–Kier alpha value is -1.27. The second-order valence-corrected chi connectivity index (χ2v) is 8.51. The number of hydrogen-bond donors (Lipinski definition) is 1. The molecular formula is C17H22N2O2S2. The van der Waals surface area contributed by atoms with Gasteiger partial charge in [0.15, 0.2) is 0 Å². The van der Waals surface area contributed by atoms with E-state index >= 15 is 0 Å². The molecular weight excluding hydrogens is 328 g/mol. The molecule has 3 rings (SSSR count). The van der Waals surface area contributed by atoms with Crippen LogP contribution in [0, 0.1) is 0 Å². The van der Waals surface area contributed by atoms with Crippen LogP contribution >= 0.6 is 21.6 Å². The summed E-state index contributed by atoms with van der Waals surface area (Å²) in [5.74, 6) is 2.18. The van der Waals surface area contributed by atoms with Crippen molar-refractivity contribution in [2.45, 2.75) is 37.4 Å². The van der Waals surface area contributed by atoms with Gasteiger partial charge in [-0.1, -0.05) is 28.0 Å². The maximum absolute atomic E-state index is 12.1. The molecule has 6 heteroatoms. The van der Waals surface area contributed by atoms with Gasteiger partial charge in [0.25, 0.3) is 0 Å². The van der Waals surface area contributed by atoms with Crippen LogP contribution in [0.2, 0.25) is 0 Å². The van der Waals surface area contributed by atoms with E-state index in [9.17, 15) is 4.79 Å². The number of methoxy groups -OCH3 is 1. The maximum Gasteiger partial charge on any atom is 0.238 e. The molecule has 1 aromatic heterocycles. The Balaban J connectivity index is 1.47. The summed E-state index contributed by atoms with van der Waals surface area (Å²) < 4.78 is 7.01. The van der Waals surface area contributed by atoms with Crippen LogP contribution in [-0.4, -0.2) is 28.7 Å². The number of benzene rings is 1. The van der Waals surface area contributed by atoms with Crippen molar-refractivity contribution in [3.05, 3.63) is 30.5 Å². The molecule has 0 saturated carbocycles. The molecule has 1 atom stereocenters. The van der Waals surface area contributed by atoms with Crippen LogP contribution in [0.3, 0.4) is 0 Å². The van der Waals surface area contributed by atoms with E-state index in [0.29, 0.717) is 6.42 Å². The summed E-state index contributed by atoms with van der Waals surface area (Å²) in [6.07, 6.45) is 7.11. The fourth-order valence-electron chi connectivity index (χ4n) is 2.76. The Bertz CT molecular complexity index is 666. The fourth-order valence-corrected chi connectivity index (χ4v) is 5.78. The molecule has 2 heterocycles. The molecule has 1 aliphatic rings. The first-order valence-corrected chi connectivity index (χ1v) is 10.4. The SMILES string of the molecule is COc1ccc2c(ccn2NC(=O)CCCCC2CCSS2)c1. The summed E-state index contributed by atoms with van der Waals surface area (Å²) in [7, 11) is 5.64. The van der Waals surface area contributed by atoms with Crippen LogP contribution < -0.4 is 10.2 Å². The van der Waals surface area contributed by atoms with Crippen LogP contribution in [0.1, 0.15) is 32.1 Å². The molecule has 23 heavy (non-hydrogen) atoms. The van der Waals surface area contributed by atoms with Gasteiger partial charge >= 0.3 is 0 Å². The molecule has 1 saturated heterocycles. The quantitative estimate of drug-likeness (QED) is 0.592. The standard InChI is InChI=1S/C17H22N2O2S2/c1-21-14-6-7-16-13(12-14)8-10-19(16)18-17(20)5-3-2-4-15-9-11-22-23-15/h6-8,10,12,15H,2-5,9,11H2,1H3,(H,18,20). The third-order valence-corrected chi connectivity index (χ3v) is 7.06. The lowest BCUT2D eigenvalue weighted by molar-refractivity contribution is -0.117. The van der Waals surface area contributed by atoms with Crippen LogP contribution in [-0.2, 0) is 4.79 Å². The van der Waals surface area contributed by atoms with E-state index in [0.717, 1.165) is 34.7 Å². The third kappa shape index (κ3) is 4.38. The number of hydrogen-bond acceptors (Lipinski definition) is 4. The van der Waals surface area contributed by atoms with E-state index in [2.05, 4.69) is 5.43 Å². The monoisotopic (exact) mass is 350 g/mol. The zero-order chi connectivity index (χ0) is 16.1. The van der Waals surface area contributed by atoms with E-state index in [1.54, 1.807) is 11.8 Å². The average Bonchev–Trinajstić information content (AvgIpc) is 3.21. The topological polar surface area (TPSA) is 43.3 Å². The third-order valence-electron chi connectivity index (χ3n) is 4.05. The number of carbonyl (C=O) groups is 1. The summed E-state index contributed by atoms with van der Waals surface area (Å²) in [6, 6.07) is 7.81. The Morgan fingerprint density at radius 2 is 2.30 bits per heavy atom. The molecule has 1 aromatic carbocycles. The average molecular weight is 351 g/mol. The predicted molar refractivity (Wildman–Crippen MR) is 99.8 cm³/mol. The molecule has 1 unspecified atom stereocenters. The molecule has 0 radical (unpaired) electrons. The minimum absolute atomic E-state index is 0.0757. The highest BCUT2D eigenvalue weighted by molar-refractivity contribution is 8.77. The zero-order valence-electron chi connectivity index (χ0n) is 13.3. The number of carbonyl (C=O) groups excluding carboxylic acids is 1. The number of aromatic nitrogens is 1. The maximum atomic E-state index is 12.1. The Kier molecular flexibility index (Phi) is 5.78. The van der Waals surface area contributed by atoms with E-state index in [4.69, 9.17) is 4.74 Å². The summed E-state index contributed by atoms with van der Waals surface area (Å²) >= 11 is 0. The van der Waals surface area contributed by atoms with E-state index in [1.165, 1.54) is 18.6 Å². The van der Waals surface area contributed by atoms with Crippen LogP contribution in [0.5, 0.6) is 5.75 Å². The molecule has 1 amide bonds. The normalized spacial score (nSPS) is 17.5. The minimum Gasteiger partial charge on any atom is -0.497 e. The van der Waals surface area contributed by atoms with Gasteiger partial charge in [-0.3, -0.25) is 14.9 Å². The van der Waals surface area contributed by atoms with Crippen molar-refractivity contribution in [1.29, 1.82) is 0 Å². The number of rotatable bonds is 7. The second kappa shape index (κ2) is 8.02. The highest BCUT2D eigenvalue weighted by atomic mass is 33.1. The van der Waals surface area contributed by atoms with Crippen LogP contribution in [0.25, 0.3) is 10.9 Å². The Labute approximate surface area is 144 Å². The highest BCUT2D eigenvalue weighted by Gasteiger charge is 2.15. The molecule has 124 valence electrons. The number of unbranched alkanes of at least 4 members (excludes halogenated alkanes) is 1. The van der Waals surface area contributed by atoms with Crippen molar-refractivity contribution in [3.8, 4) is 5.75 Å². The second-order valence-electron chi connectivity index (χ2n) is 5.72. The summed E-state index contributed by atoms with van der Waals surface area (Å²) in [6.45, 7) is 0. The predicted octanol–water partition coefficient (Wildman–Crippen LogP) is 4.43. The van der Waals surface area contributed by atoms with E-state index in [1.807, 2.05) is 52.1 Å². The molecule has 4 nitrogen and oxygen atoms in total. The lowest BCUT2D eigenvalue weighted by Gasteiger charge is -2.09. The minimum atomic E-state index is 0.0757. The van der Waals surface area contributed by atoms with Gasteiger partial charge in [0.1, 0.15) is 5.75 Å². The van der Waals surface area contributed by atoms with Gasteiger partial charge in [0.2, 0.25) is 5.91 Å². The van der Waals surface area contributed by atoms with Crippen molar-refractivity contribution in [1.82, 2.24) is 4.68 Å².